The van der Waals surface area contributed by atoms with Crippen molar-refractivity contribution < 1.29 is 0 Å². The van der Waals surface area contributed by atoms with E-state index in [4.69, 9.17) is 9.97 Å². The van der Waals surface area contributed by atoms with Crippen LogP contribution in [0.2, 0.25) is 0 Å². The molecule has 0 atom stereocenters. The van der Waals surface area contributed by atoms with Gasteiger partial charge in [0.15, 0.2) is 8.07 Å². The normalized spacial score (nSPS) is 11.9. The molecule has 3 aromatic heterocycles. The third-order valence-electron chi connectivity index (χ3n) is 10.2. The van der Waals surface area contributed by atoms with Crippen LogP contribution in [0.15, 0.2) is 188 Å². The maximum atomic E-state index is 5.32. The maximum Gasteiger partial charge on any atom is 0.235 e. The molecule has 0 saturated heterocycles. The molecule has 0 spiro atoms. The summed E-state index contributed by atoms with van der Waals surface area (Å²) in [7, 11) is -2.69. The predicted octanol–water partition coefficient (Wildman–Crippen LogP) is 8.99. The first-order chi connectivity index (χ1) is 25.3. The van der Waals surface area contributed by atoms with Gasteiger partial charge in [0.2, 0.25) is 5.95 Å². The monoisotopic (exact) mass is 685 g/mol. The molecule has 0 radical (unpaired) electrons. The van der Waals surface area contributed by atoms with Crippen molar-refractivity contribution in [3.05, 3.63) is 188 Å². The summed E-state index contributed by atoms with van der Waals surface area (Å²) in [6, 6.07) is 66.1. The van der Waals surface area contributed by atoms with E-state index in [2.05, 4.69) is 180 Å². The molecule has 0 aliphatic heterocycles. The molecule has 0 aliphatic carbocycles. The molecule has 0 bridgehead atoms. The summed E-state index contributed by atoms with van der Waals surface area (Å²) in [5, 5.41) is 10.4. The van der Waals surface area contributed by atoms with Gasteiger partial charge in [0, 0.05) is 42.7 Å². The minimum atomic E-state index is -2.69. The Kier molecular flexibility index (Phi) is 7.01. The van der Waals surface area contributed by atoms with E-state index in [-0.39, 0.29) is 0 Å². The summed E-state index contributed by atoms with van der Waals surface area (Å²) in [5.41, 5.74) is 4.19. The largest absolute Gasteiger partial charge is 0.278 e. The Morgan fingerprint density at radius 1 is 0.471 bits per heavy atom. The number of para-hydroxylation sites is 1. The Morgan fingerprint density at radius 2 is 1.08 bits per heavy atom. The second kappa shape index (κ2) is 12.0. The van der Waals surface area contributed by atoms with Crippen LogP contribution in [0, 0.1) is 0 Å². The smallest absolute Gasteiger partial charge is 0.235 e. The number of nitrogens with zero attached hydrogens (tertiary/aromatic N) is 3. The number of fused-ring (bicyclic) bond motifs is 7. The second-order valence-corrected chi connectivity index (χ2v) is 17.8. The average molecular weight is 686 g/mol. The first-order valence-electron chi connectivity index (χ1n) is 17.2. The molecule has 240 valence electrons. The van der Waals surface area contributed by atoms with Crippen LogP contribution in [0.4, 0.5) is 0 Å². The fraction of sp³-hybridized carbons (Fsp3) is 0. The lowest BCUT2D eigenvalue weighted by Gasteiger charge is -2.34. The second-order valence-electron chi connectivity index (χ2n) is 13.0. The number of rotatable bonds is 6. The van der Waals surface area contributed by atoms with Crippen molar-refractivity contribution in [1.82, 2.24) is 14.5 Å². The summed E-state index contributed by atoms with van der Waals surface area (Å²) in [4.78, 5) is 10.2. The van der Waals surface area contributed by atoms with Gasteiger partial charge in [-0.15, -0.1) is 11.3 Å². The highest BCUT2D eigenvalue weighted by molar-refractivity contribution is 7.26. The van der Waals surface area contributed by atoms with Gasteiger partial charge in [0.25, 0.3) is 0 Å². The van der Waals surface area contributed by atoms with E-state index < -0.39 is 8.07 Å². The third kappa shape index (κ3) is 4.63. The summed E-state index contributed by atoms with van der Waals surface area (Å²) in [5.74, 6) is 0.669. The van der Waals surface area contributed by atoms with E-state index in [1.54, 1.807) is 0 Å². The molecule has 0 N–H and O–H groups in total. The minimum Gasteiger partial charge on any atom is -0.278 e. The summed E-state index contributed by atoms with van der Waals surface area (Å²) in [6.45, 7) is 0. The molecule has 0 aliphatic rings. The van der Waals surface area contributed by atoms with Crippen molar-refractivity contribution in [2.24, 2.45) is 0 Å². The van der Waals surface area contributed by atoms with Gasteiger partial charge in [-0.2, -0.15) is 0 Å². The Bertz CT molecular complexity index is 2760. The first-order valence-corrected chi connectivity index (χ1v) is 20.1. The molecule has 10 aromatic rings. The van der Waals surface area contributed by atoms with Crippen LogP contribution >= 0.6 is 11.3 Å². The number of hydrogen-bond acceptors (Lipinski definition) is 3. The van der Waals surface area contributed by atoms with Gasteiger partial charge in [-0.3, -0.25) is 4.57 Å². The highest BCUT2D eigenvalue weighted by atomic mass is 32.1. The number of hydrogen-bond donors (Lipinski definition) is 0. The topological polar surface area (TPSA) is 30.7 Å². The SMILES string of the molecule is c1ccc([Si](c2ccccc2)(c2ccccc2)c2cccc(-c3ccnc(-n4c5ccccc5c5c6sc7ccccc7c6ccc54)n3)c2)cc1. The molecule has 10 rings (SSSR count). The van der Waals surface area contributed by atoms with E-state index in [1.165, 1.54) is 51.7 Å². The molecular weight excluding hydrogens is 655 g/mol. The molecule has 0 fully saturated rings. The van der Waals surface area contributed by atoms with Crippen LogP contribution in [-0.2, 0) is 0 Å². The number of thiophene rings is 1. The fourth-order valence-corrected chi connectivity index (χ4v) is 14.1. The lowest BCUT2D eigenvalue weighted by Crippen LogP contribution is -2.74. The summed E-state index contributed by atoms with van der Waals surface area (Å²) in [6.07, 6.45) is 1.90. The minimum absolute atomic E-state index is 0.669. The summed E-state index contributed by atoms with van der Waals surface area (Å²) >= 11 is 1.86. The Hall–Kier alpha value is -6.14. The van der Waals surface area contributed by atoms with Gasteiger partial charge in [0.1, 0.15) is 0 Å². The molecule has 3 heterocycles. The Labute approximate surface area is 300 Å². The van der Waals surface area contributed by atoms with Crippen molar-refractivity contribution in [3.63, 3.8) is 0 Å². The third-order valence-corrected chi connectivity index (χ3v) is 16.2. The van der Waals surface area contributed by atoms with Crippen LogP contribution in [0.5, 0.6) is 0 Å². The van der Waals surface area contributed by atoms with Gasteiger partial charge >= 0.3 is 0 Å². The van der Waals surface area contributed by atoms with Crippen molar-refractivity contribution in [2.75, 3.05) is 0 Å². The van der Waals surface area contributed by atoms with Crippen LogP contribution in [-0.4, -0.2) is 22.6 Å². The van der Waals surface area contributed by atoms with E-state index in [1.807, 2.05) is 23.6 Å². The van der Waals surface area contributed by atoms with E-state index >= 15 is 0 Å². The zero-order chi connectivity index (χ0) is 33.8. The number of benzene rings is 7. The maximum absolute atomic E-state index is 5.32. The zero-order valence-corrected chi connectivity index (χ0v) is 29.5. The molecular formula is C46H31N3SSi. The molecule has 0 amide bonds. The van der Waals surface area contributed by atoms with Gasteiger partial charge in [-0.05, 0) is 45.0 Å². The predicted molar refractivity (Wildman–Crippen MR) is 218 cm³/mol. The van der Waals surface area contributed by atoms with Crippen LogP contribution < -0.4 is 20.7 Å². The number of aromatic nitrogens is 3. The van der Waals surface area contributed by atoms with Crippen LogP contribution in [0.3, 0.4) is 0 Å². The van der Waals surface area contributed by atoms with E-state index in [9.17, 15) is 0 Å². The lowest BCUT2D eigenvalue weighted by atomic mass is 10.1. The Morgan fingerprint density at radius 3 is 1.78 bits per heavy atom. The van der Waals surface area contributed by atoms with Crippen molar-refractivity contribution in [3.8, 4) is 17.2 Å². The van der Waals surface area contributed by atoms with Gasteiger partial charge in [0.05, 0.1) is 16.7 Å². The molecule has 7 aromatic carbocycles. The average Bonchev–Trinajstić information content (AvgIpc) is 3.76. The fourth-order valence-electron chi connectivity index (χ4n) is 8.04. The van der Waals surface area contributed by atoms with Crippen molar-refractivity contribution in [1.29, 1.82) is 0 Å². The highest BCUT2D eigenvalue weighted by Crippen LogP contribution is 2.42. The standard InChI is InChI=1S/C46H31N3SSi/c1-4-16-33(17-5-1)51(34-18-6-2-7-19-34,35-20-8-3-9-21-35)36-22-14-15-32(31-36)40-29-30-47-46(48-40)49-41-25-12-10-24-39(41)44-42(49)28-27-38-37-23-11-13-26-43(37)50-45(38)44/h1-31H. The Balaban J connectivity index is 1.18. The van der Waals surface area contributed by atoms with E-state index in [0.717, 1.165) is 22.3 Å². The highest BCUT2D eigenvalue weighted by Gasteiger charge is 2.41. The zero-order valence-electron chi connectivity index (χ0n) is 27.6. The molecule has 0 unspecified atom stereocenters. The summed E-state index contributed by atoms with van der Waals surface area (Å²) < 4.78 is 4.84. The molecule has 51 heavy (non-hydrogen) atoms. The lowest BCUT2D eigenvalue weighted by molar-refractivity contribution is 0.992. The quantitative estimate of drug-likeness (QED) is 0.129. The first kappa shape index (κ1) is 29.7. The van der Waals surface area contributed by atoms with Gasteiger partial charge in [-0.1, -0.05) is 158 Å². The van der Waals surface area contributed by atoms with E-state index in [0.29, 0.717) is 5.95 Å². The van der Waals surface area contributed by atoms with Gasteiger partial charge < -0.3 is 0 Å². The van der Waals surface area contributed by atoms with Gasteiger partial charge in [-0.25, -0.2) is 9.97 Å². The molecule has 0 saturated carbocycles. The van der Waals surface area contributed by atoms with Crippen molar-refractivity contribution >= 4 is 82.1 Å². The van der Waals surface area contributed by atoms with Crippen LogP contribution in [0.25, 0.3) is 59.2 Å². The molecule has 5 heteroatoms. The molecule has 3 nitrogen and oxygen atoms in total. The van der Waals surface area contributed by atoms with Crippen molar-refractivity contribution in [2.45, 2.75) is 0 Å². The van der Waals surface area contributed by atoms with Crippen LogP contribution in [0.1, 0.15) is 0 Å².